The summed E-state index contributed by atoms with van der Waals surface area (Å²) in [7, 11) is 0. The Morgan fingerprint density at radius 3 is 2.26 bits per heavy atom. The molecule has 1 saturated heterocycles. The van der Waals surface area contributed by atoms with Crippen LogP contribution in [0.25, 0.3) is 0 Å². The van der Waals surface area contributed by atoms with Crippen LogP contribution in [0.15, 0.2) is 0 Å². The van der Waals surface area contributed by atoms with E-state index in [4.69, 9.17) is 4.74 Å². The molecule has 0 atom stereocenters. The van der Waals surface area contributed by atoms with Crippen molar-refractivity contribution < 1.29 is 4.74 Å². The first kappa shape index (κ1) is 15.6. The van der Waals surface area contributed by atoms with Crippen LogP contribution in [-0.2, 0) is 4.74 Å². The van der Waals surface area contributed by atoms with Gasteiger partial charge in [0.25, 0.3) is 0 Å². The van der Waals surface area contributed by atoms with Crippen molar-refractivity contribution in [3.8, 4) is 0 Å². The van der Waals surface area contributed by atoms with E-state index in [2.05, 4.69) is 22.8 Å². The van der Waals surface area contributed by atoms with Crippen LogP contribution in [0.1, 0.15) is 45.4 Å². The van der Waals surface area contributed by atoms with Gasteiger partial charge in [-0.25, -0.2) is 0 Å². The molecule has 0 aromatic rings. The molecule has 0 unspecified atom stereocenters. The number of nitrogens with zero attached hydrogens (tertiary/aromatic N) is 1. The number of hydrogen-bond acceptors (Lipinski definition) is 4. The molecular formula is C15H30N2OS. The van der Waals surface area contributed by atoms with E-state index < -0.39 is 0 Å². The van der Waals surface area contributed by atoms with Gasteiger partial charge in [-0.05, 0) is 57.2 Å². The predicted molar refractivity (Wildman–Crippen MR) is 83.5 cm³/mol. The number of rotatable bonds is 6. The van der Waals surface area contributed by atoms with Crippen LogP contribution in [0.3, 0.4) is 0 Å². The fourth-order valence-electron chi connectivity index (χ4n) is 3.31. The molecule has 1 aliphatic carbocycles. The van der Waals surface area contributed by atoms with Crippen molar-refractivity contribution in [1.29, 1.82) is 0 Å². The zero-order chi connectivity index (χ0) is 13.5. The zero-order valence-corrected chi connectivity index (χ0v) is 13.4. The summed E-state index contributed by atoms with van der Waals surface area (Å²) in [5, 5.41) is 0. The maximum atomic E-state index is 6.33. The van der Waals surface area contributed by atoms with E-state index in [0.717, 1.165) is 5.92 Å². The van der Waals surface area contributed by atoms with E-state index in [9.17, 15) is 0 Å². The van der Waals surface area contributed by atoms with Crippen LogP contribution < -0.4 is 4.72 Å². The van der Waals surface area contributed by atoms with Crippen LogP contribution in [0.5, 0.6) is 0 Å². The number of ether oxygens (including phenoxy) is 1. The van der Waals surface area contributed by atoms with Crippen molar-refractivity contribution in [2.45, 2.75) is 57.7 Å². The molecule has 2 fully saturated rings. The number of nitrogens with one attached hydrogen (secondary N) is 1. The predicted octanol–water partition coefficient (Wildman–Crippen LogP) is 2.91. The van der Waals surface area contributed by atoms with Gasteiger partial charge in [0.05, 0.1) is 12.2 Å². The van der Waals surface area contributed by atoms with E-state index in [1.54, 1.807) is 11.9 Å². The summed E-state index contributed by atoms with van der Waals surface area (Å²) in [6, 6.07) is 0. The minimum atomic E-state index is 0.536. The van der Waals surface area contributed by atoms with Crippen LogP contribution >= 0.6 is 11.9 Å². The summed E-state index contributed by atoms with van der Waals surface area (Å²) in [6.07, 6.45) is 10.9. The molecule has 112 valence electrons. The fraction of sp³-hybridized carbons (Fsp3) is 1.00. The average molecular weight is 286 g/mol. The highest BCUT2D eigenvalue weighted by Crippen LogP contribution is 2.28. The summed E-state index contributed by atoms with van der Waals surface area (Å²) in [6.45, 7) is 7.08. The first-order valence-electron chi connectivity index (χ1n) is 7.95. The van der Waals surface area contributed by atoms with Crippen LogP contribution in [0.4, 0.5) is 0 Å². The lowest BCUT2D eigenvalue weighted by Gasteiger charge is -2.35. The smallest absolute Gasteiger partial charge is 0.0603 e. The molecule has 0 radical (unpaired) electrons. The molecule has 2 rings (SSSR count). The maximum Gasteiger partial charge on any atom is 0.0603 e. The molecular weight excluding hydrogens is 256 g/mol. The maximum absolute atomic E-state index is 6.33. The third-order valence-electron chi connectivity index (χ3n) is 4.68. The Labute approximate surface area is 123 Å². The Hall–Kier alpha value is 0.230. The van der Waals surface area contributed by atoms with Gasteiger partial charge in [0.15, 0.2) is 0 Å². The second kappa shape index (κ2) is 8.50. The Kier molecular flexibility index (Phi) is 6.99. The third-order valence-corrected chi connectivity index (χ3v) is 5.13. The molecule has 1 aliphatic heterocycles. The summed E-state index contributed by atoms with van der Waals surface area (Å²) in [4.78, 5) is 2.53. The SMILES string of the molecule is CCN1CCC(OC2CCC(CNSC)CC2)CC1. The van der Waals surface area contributed by atoms with Crippen LogP contribution in [0.2, 0.25) is 0 Å². The van der Waals surface area contributed by atoms with Gasteiger partial charge < -0.3 is 9.64 Å². The van der Waals surface area contributed by atoms with Crippen LogP contribution in [0, 0.1) is 5.92 Å². The average Bonchev–Trinajstić information content (AvgIpc) is 2.47. The highest BCUT2D eigenvalue weighted by Gasteiger charge is 2.26. The lowest BCUT2D eigenvalue weighted by atomic mass is 9.87. The summed E-state index contributed by atoms with van der Waals surface area (Å²) in [5.41, 5.74) is 0. The molecule has 2 aliphatic rings. The molecule has 0 bridgehead atoms. The first-order chi connectivity index (χ1) is 9.31. The Morgan fingerprint density at radius 1 is 1.05 bits per heavy atom. The van der Waals surface area contributed by atoms with E-state index in [-0.39, 0.29) is 0 Å². The minimum Gasteiger partial charge on any atom is -0.375 e. The van der Waals surface area contributed by atoms with E-state index in [0.29, 0.717) is 12.2 Å². The van der Waals surface area contributed by atoms with Gasteiger partial charge in [-0.3, -0.25) is 4.72 Å². The fourth-order valence-corrected chi connectivity index (χ4v) is 3.71. The Bertz CT molecular complexity index is 236. The molecule has 3 nitrogen and oxygen atoms in total. The summed E-state index contributed by atoms with van der Waals surface area (Å²) in [5.74, 6) is 0.870. The monoisotopic (exact) mass is 286 g/mol. The molecule has 1 heterocycles. The van der Waals surface area contributed by atoms with E-state index in [1.807, 2.05) is 0 Å². The van der Waals surface area contributed by atoms with Crippen molar-refractivity contribution in [1.82, 2.24) is 9.62 Å². The lowest BCUT2D eigenvalue weighted by Crippen LogP contribution is -2.39. The molecule has 0 spiro atoms. The quantitative estimate of drug-likeness (QED) is 0.759. The van der Waals surface area contributed by atoms with Crippen molar-refractivity contribution in [2.75, 3.05) is 32.4 Å². The minimum absolute atomic E-state index is 0.536. The van der Waals surface area contributed by atoms with Crippen molar-refractivity contribution in [3.63, 3.8) is 0 Å². The van der Waals surface area contributed by atoms with Crippen molar-refractivity contribution in [2.24, 2.45) is 5.92 Å². The normalized spacial score (nSPS) is 30.6. The third kappa shape index (κ3) is 5.25. The largest absolute Gasteiger partial charge is 0.375 e. The van der Waals surface area contributed by atoms with E-state index in [1.165, 1.54) is 64.7 Å². The van der Waals surface area contributed by atoms with Gasteiger partial charge in [0.1, 0.15) is 0 Å². The molecule has 19 heavy (non-hydrogen) atoms. The van der Waals surface area contributed by atoms with Gasteiger partial charge in [-0.15, -0.1) is 0 Å². The Morgan fingerprint density at radius 2 is 1.68 bits per heavy atom. The van der Waals surface area contributed by atoms with Gasteiger partial charge in [0, 0.05) is 19.6 Å². The van der Waals surface area contributed by atoms with Crippen molar-refractivity contribution in [3.05, 3.63) is 0 Å². The zero-order valence-electron chi connectivity index (χ0n) is 12.6. The topological polar surface area (TPSA) is 24.5 Å². The lowest BCUT2D eigenvalue weighted by molar-refractivity contribution is -0.0600. The molecule has 1 N–H and O–H groups in total. The Balaban J connectivity index is 1.60. The first-order valence-corrected chi connectivity index (χ1v) is 9.18. The molecule has 4 heteroatoms. The number of hydrogen-bond donors (Lipinski definition) is 1. The highest BCUT2D eigenvalue weighted by molar-refractivity contribution is 7.96. The van der Waals surface area contributed by atoms with Gasteiger partial charge in [0.2, 0.25) is 0 Å². The van der Waals surface area contributed by atoms with Crippen LogP contribution in [-0.4, -0.2) is 49.5 Å². The van der Waals surface area contributed by atoms with Gasteiger partial charge >= 0.3 is 0 Å². The van der Waals surface area contributed by atoms with Crippen molar-refractivity contribution >= 4 is 11.9 Å². The summed E-state index contributed by atoms with van der Waals surface area (Å²) < 4.78 is 9.72. The molecule has 1 saturated carbocycles. The van der Waals surface area contributed by atoms with Gasteiger partial charge in [-0.2, -0.15) is 0 Å². The summed E-state index contributed by atoms with van der Waals surface area (Å²) >= 11 is 1.74. The van der Waals surface area contributed by atoms with Gasteiger partial charge in [-0.1, -0.05) is 18.9 Å². The molecule has 0 aromatic carbocycles. The second-order valence-corrected chi connectivity index (χ2v) is 6.66. The van der Waals surface area contributed by atoms with E-state index >= 15 is 0 Å². The second-order valence-electron chi connectivity index (χ2n) is 5.97. The number of likely N-dealkylation sites (tertiary alicyclic amines) is 1. The molecule has 0 amide bonds. The standard InChI is InChI=1S/C15H30N2OS/c1-3-17-10-8-15(9-11-17)18-14-6-4-13(5-7-14)12-16-19-2/h13-16H,3-12H2,1-2H3. The highest BCUT2D eigenvalue weighted by atomic mass is 32.2. The number of piperidine rings is 1. The molecule has 0 aromatic heterocycles.